The van der Waals surface area contributed by atoms with Crippen LogP contribution in [0.4, 0.5) is 5.69 Å². The van der Waals surface area contributed by atoms with Gasteiger partial charge in [-0.2, -0.15) is 8.42 Å². The molecular formula is C13H12N2O4S. The first-order chi connectivity index (χ1) is 9.59. The first-order valence-electron chi connectivity index (χ1n) is 5.67. The first-order valence-corrected chi connectivity index (χ1v) is 7.11. The topological polar surface area (TPSA) is 76.0 Å². The van der Waals surface area contributed by atoms with Crippen LogP contribution in [0.15, 0.2) is 64.8 Å². The van der Waals surface area contributed by atoms with Gasteiger partial charge in [-0.1, -0.05) is 18.2 Å². The van der Waals surface area contributed by atoms with Gasteiger partial charge in [-0.3, -0.25) is 0 Å². The molecule has 0 bridgehead atoms. The highest BCUT2D eigenvalue weighted by atomic mass is 32.2. The van der Waals surface area contributed by atoms with Gasteiger partial charge in [-0.15, -0.1) is 9.32 Å². The van der Waals surface area contributed by atoms with Crippen molar-refractivity contribution in [3.05, 3.63) is 59.5 Å². The second-order valence-electron chi connectivity index (χ2n) is 3.84. The summed E-state index contributed by atoms with van der Waals surface area (Å²) in [6, 6.07) is 13.6. The Kier molecular flexibility index (Phi) is 3.99. The molecule has 7 heteroatoms. The highest BCUT2D eigenvalue weighted by molar-refractivity contribution is 7.92. The molecule has 0 aliphatic carbocycles. The van der Waals surface area contributed by atoms with Gasteiger partial charge < -0.3 is 4.74 Å². The molecule has 2 rings (SSSR count). The average molecular weight is 292 g/mol. The van der Waals surface area contributed by atoms with Crippen LogP contribution < -0.4 is 9.15 Å². The van der Waals surface area contributed by atoms with Gasteiger partial charge in [0, 0.05) is 0 Å². The van der Waals surface area contributed by atoms with E-state index in [9.17, 15) is 13.3 Å². The van der Waals surface area contributed by atoms with E-state index in [4.69, 9.17) is 4.74 Å². The maximum Gasteiger partial charge on any atom is 0.286 e. The van der Waals surface area contributed by atoms with Crippen molar-refractivity contribution in [3.63, 3.8) is 0 Å². The Hall–Kier alpha value is -2.41. The number of sulfonamides is 1. The third-order valence-electron chi connectivity index (χ3n) is 2.64. The van der Waals surface area contributed by atoms with Crippen LogP contribution in [0.5, 0.6) is 5.75 Å². The number of methoxy groups -OCH3 is 1. The second-order valence-corrected chi connectivity index (χ2v) is 5.61. The summed E-state index contributed by atoms with van der Waals surface area (Å²) in [4.78, 5) is 10.9. The van der Waals surface area contributed by atoms with Crippen molar-refractivity contribution in [2.24, 2.45) is 5.29 Å². The summed E-state index contributed by atoms with van der Waals surface area (Å²) in [7, 11) is -2.52. The van der Waals surface area contributed by atoms with Gasteiger partial charge in [0.05, 0.1) is 23.0 Å². The van der Waals surface area contributed by atoms with Crippen LogP contribution in [0.1, 0.15) is 0 Å². The van der Waals surface area contributed by atoms with Crippen molar-refractivity contribution in [2.75, 3.05) is 11.5 Å². The fraction of sp³-hybridized carbons (Fsp3) is 0.0769. The molecule has 0 heterocycles. The highest BCUT2D eigenvalue weighted by Gasteiger charge is 2.25. The molecule has 0 unspecified atom stereocenters. The van der Waals surface area contributed by atoms with Crippen LogP contribution >= 0.6 is 0 Å². The molecule has 104 valence electrons. The number of hydrogen-bond donors (Lipinski definition) is 0. The van der Waals surface area contributed by atoms with E-state index < -0.39 is 10.0 Å². The van der Waals surface area contributed by atoms with E-state index in [-0.39, 0.29) is 10.6 Å². The van der Waals surface area contributed by atoms with E-state index in [2.05, 4.69) is 5.29 Å². The van der Waals surface area contributed by atoms with E-state index in [0.717, 1.165) is 0 Å². The Labute approximate surface area is 116 Å². The fourth-order valence-corrected chi connectivity index (χ4v) is 2.82. The Bertz CT molecular complexity index is 684. The van der Waals surface area contributed by atoms with Crippen LogP contribution in [0.25, 0.3) is 0 Å². The lowest BCUT2D eigenvalue weighted by Crippen LogP contribution is -2.25. The van der Waals surface area contributed by atoms with Gasteiger partial charge >= 0.3 is 0 Å². The molecule has 0 saturated heterocycles. The quantitative estimate of drug-likeness (QED) is 0.627. The van der Waals surface area contributed by atoms with E-state index in [1.54, 1.807) is 30.3 Å². The molecule has 2 aromatic carbocycles. The third-order valence-corrected chi connectivity index (χ3v) is 4.24. The molecule has 20 heavy (non-hydrogen) atoms. The number of nitroso groups, excluding NO2 is 1. The molecule has 0 aliphatic rings. The molecule has 6 nitrogen and oxygen atoms in total. The number of ether oxygens (including phenoxy) is 1. The molecule has 0 amide bonds. The van der Waals surface area contributed by atoms with Crippen molar-refractivity contribution in [1.82, 2.24) is 0 Å². The summed E-state index contributed by atoms with van der Waals surface area (Å²) in [5.74, 6) is 0.553. The zero-order chi connectivity index (χ0) is 14.6. The molecule has 0 spiro atoms. The van der Waals surface area contributed by atoms with Gasteiger partial charge in [0.25, 0.3) is 10.0 Å². The molecular weight excluding hydrogens is 280 g/mol. The second kappa shape index (κ2) is 5.70. The van der Waals surface area contributed by atoms with Crippen LogP contribution in [-0.2, 0) is 10.0 Å². The third kappa shape index (κ3) is 2.62. The van der Waals surface area contributed by atoms with Crippen molar-refractivity contribution < 1.29 is 13.2 Å². The highest BCUT2D eigenvalue weighted by Crippen LogP contribution is 2.25. The average Bonchev–Trinajstić information content (AvgIpc) is 2.49. The molecule has 0 fully saturated rings. The van der Waals surface area contributed by atoms with Gasteiger partial charge in [-0.05, 0) is 36.4 Å². The summed E-state index contributed by atoms with van der Waals surface area (Å²) >= 11 is 0. The summed E-state index contributed by atoms with van der Waals surface area (Å²) in [6.07, 6.45) is 0. The van der Waals surface area contributed by atoms with Gasteiger partial charge in [-0.25, -0.2) is 0 Å². The molecule has 0 atom stereocenters. The Morgan fingerprint density at radius 1 is 1.00 bits per heavy atom. The molecule has 2 aromatic rings. The van der Waals surface area contributed by atoms with Gasteiger partial charge in [0.1, 0.15) is 5.75 Å². The Morgan fingerprint density at radius 3 is 2.10 bits per heavy atom. The van der Waals surface area contributed by atoms with E-state index in [1.807, 2.05) is 0 Å². The fourth-order valence-electron chi connectivity index (χ4n) is 1.63. The van der Waals surface area contributed by atoms with Crippen molar-refractivity contribution >= 4 is 15.7 Å². The lowest BCUT2D eigenvalue weighted by atomic mass is 10.3. The van der Waals surface area contributed by atoms with Crippen LogP contribution in [0.2, 0.25) is 0 Å². The predicted molar refractivity (Wildman–Crippen MR) is 74.9 cm³/mol. The van der Waals surface area contributed by atoms with Crippen LogP contribution in [0, 0.1) is 4.91 Å². The van der Waals surface area contributed by atoms with Crippen molar-refractivity contribution in [2.45, 2.75) is 4.90 Å². The summed E-state index contributed by atoms with van der Waals surface area (Å²) < 4.78 is 30.1. The number of hydrogen-bond acceptors (Lipinski definition) is 5. The predicted octanol–water partition coefficient (Wildman–Crippen LogP) is 2.57. The van der Waals surface area contributed by atoms with E-state index in [0.29, 0.717) is 10.2 Å². The maximum absolute atomic E-state index is 12.3. The minimum Gasteiger partial charge on any atom is -0.497 e. The number of rotatable bonds is 5. The zero-order valence-corrected chi connectivity index (χ0v) is 11.4. The number of nitrogens with zero attached hydrogens (tertiary/aromatic N) is 2. The molecule has 0 saturated carbocycles. The molecule has 0 radical (unpaired) electrons. The van der Waals surface area contributed by atoms with Crippen molar-refractivity contribution in [3.8, 4) is 5.75 Å². The standard InChI is InChI=1S/C13H12N2O4S/c1-19-12-9-7-11(8-10-12)15(14-16)20(17,18)13-5-3-2-4-6-13/h2-10H,1H3. The molecule has 0 aliphatic heterocycles. The Balaban J connectivity index is 2.43. The summed E-state index contributed by atoms with van der Waals surface area (Å²) in [6.45, 7) is 0. The lowest BCUT2D eigenvalue weighted by Gasteiger charge is -2.15. The van der Waals surface area contributed by atoms with Crippen LogP contribution in [-0.4, -0.2) is 15.5 Å². The Morgan fingerprint density at radius 2 is 1.60 bits per heavy atom. The zero-order valence-electron chi connectivity index (χ0n) is 10.6. The normalized spacial score (nSPS) is 10.8. The molecule has 0 aromatic heterocycles. The monoisotopic (exact) mass is 292 g/mol. The molecule has 0 N–H and O–H groups in total. The largest absolute Gasteiger partial charge is 0.497 e. The minimum absolute atomic E-state index is 0.00424. The van der Waals surface area contributed by atoms with Crippen molar-refractivity contribution in [1.29, 1.82) is 0 Å². The van der Waals surface area contributed by atoms with Gasteiger partial charge in [0.2, 0.25) is 0 Å². The number of benzene rings is 2. The number of anilines is 1. The first kappa shape index (κ1) is 14.0. The minimum atomic E-state index is -4.01. The van der Waals surface area contributed by atoms with Gasteiger partial charge in [0.15, 0.2) is 0 Å². The smallest absolute Gasteiger partial charge is 0.286 e. The summed E-state index contributed by atoms with van der Waals surface area (Å²) in [5.41, 5.74) is 0.143. The lowest BCUT2D eigenvalue weighted by molar-refractivity contribution is 0.415. The van der Waals surface area contributed by atoms with E-state index >= 15 is 0 Å². The van der Waals surface area contributed by atoms with Crippen LogP contribution in [0.3, 0.4) is 0 Å². The summed E-state index contributed by atoms with van der Waals surface area (Å²) in [5, 5.41) is 2.62. The SMILES string of the molecule is COc1ccc(N(N=O)S(=O)(=O)c2ccccc2)cc1. The maximum atomic E-state index is 12.3. The van der Waals surface area contributed by atoms with E-state index in [1.165, 1.54) is 31.4 Å².